The number of likely N-dealkylation sites (tertiary alicyclic amines) is 2. The molecule has 6 heteroatoms. The van der Waals surface area contributed by atoms with E-state index in [1.54, 1.807) is 7.11 Å². The van der Waals surface area contributed by atoms with E-state index in [0.29, 0.717) is 24.7 Å². The van der Waals surface area contributed by atoms with Gasteiger partial charge in [0.25, 0.3) is 0 Å². The standard InChI is InChI=1S/C22H42N4O2/c1-23-21(25-14-9-20(17-25)18-28-16-15-27-2)24-19-22(10-5-3-6-11-22)26-12-7-4-8-13-26/h20H,3-19H2,1-2H3,(H,23,24). The van der Waals surface area contributed by atoms with Crippen LogP contribution < -0.4 is 5.32 Å². The van der Waals surface area contributed by atoms with Crippen molar-refractivity contribution in [2.45, 2.75) is 63.3 Å². The molecule has 1 aliphatic carbocycles. The Hall–Kier alpha value is -0.850. The Bertz CT molecular complexity index is 473. The lowest BCUT2D eigenvalue weighted by atomic mass is 9.79. The van der Waals surface area contributed by atoms with Gasteiger partial charge in [0.2, 0.25) is 0 Å². The van der Waals surface area contributed by atoms with Crippen molar-refractivity contribution in [2.75, 3.05) is 66.7 Å². The zero-order chi connectivity index (χ0) is 19.7. The van der Waals surface area contributed by atoms with Gasteiger partial charge in [0.1, 0.15) is 0 Å². The third kappa shape index (κ3) is 5.83. The van der Waals surface area contributed by atoms with Crippen molar-refractivity contribution in [3.05, 3.63) is 0 Å². The first-order valence-electron chi connectivity index (χ1n) is 11.5. The Morgan fingerprint density at radius 2 is 1.79 bits per heavy atom. The molecule has 0 amide bonds. The van der Waals surface area contributed by atoms with E-state index in [9.17, 15) is 0 Å². The van der Waals surface area contributed by atoms with Crippen molar-refractivity contribution < 1.29 is 9.47 Å². The Morgan fingerprint density at radius 1 is 1.04 bits per heavy atom. The fourth-order valence-corrected chi connectivity index (χ4v) is 5.31. The van der Waals surface area contributed by atoms with Crippen LogP contribution in [0.15, 0.2) is 4.99 Å². The fourth-order valence-electron chi connectivity index (χ4n) is 5.31. The van der Waals surface area contributed by atoms with E-state index in [2.05, 4.69) is 20.1 Å². The van der Waals surface area contributed by atoms with Crippen molar-refractivity contribution in [3.63, 3.8) is 0 Å². The summed E-state index contributed by atoms with van der Waals surface area (Å²) in [5, 5.41) is 3.79. The largest absolute Gasteiger partial charge is 0.382 e. The zero-order valence-corrected chi connectivity index (χ0v) is 18.3. The van der Waals surface area contributed by atoms with Crippen LogP contribution in [0.4, 0.5) is 0 Å². The summed E-state index contributed by atoms with van der Waals surface area (Å²) in [6.45, 7) is 7.93. The Balaban J connectivity index is 1.50. The molecule has 162 valence electrons. The highest BCUT2D eigenvalue weighted by molar-refractivity contribution is 5.80. The average Bonchev–Trinajstić information content (AvgIpc) is 3.22. The van der Waals surface area contributed by atoms with E-state index < -0.39 is 0 Å². The fraction of sp³-hybridized carbons (Fsp3) is 0.955. The van der Waals surface area contributed by atoms with Crippen LogP contribution in [-0.2, 0) is 9.47 Å². The van der Waals surface area contributed by atoms with Crippen LogP contribution >= 0.6 is 0 Å². The smallest absolute Gasteiger partial charge is 0.193 e. The lowest BCUT2D eigenvalue weighted by Crippen LogP contribution is -2.59. The van der Waals surface area contributed by atoms with Crippen molar-refractivity contribution >= 4 is 5.96 Å². The molecule has 0 aromatic heterocycles. The summed E-state index contributed by atoms with van der Waals surface area (Å²) in [7, 11) is 3.65. The molecular formula is C22H42N4O2. The molecule has 3 aliphatic rings. The first-order chi connectivity index (χ1) is 13.8. The lowest BCUT2D eigenvalue weighted by molar-refractivity contribution is 0.0363. The van der Waals surface area contributed by atoms with Gasteiger partial charge in [-0.2, -0.15) is 0 Å². The van der Waals surface area contributed by atoms with E-state index in [4.69, 9.17) is 9.47 Å². The minimum absolute atomic E-state index is 0.344. The molecule has 6 nitrogen and oxygen atoms in total. The maximum Gasteiger partial charge on any atom is 0.193 e. The van der Waals surface area contributed by atoms with E-state index in [1.807, 2.05) is 7.05 Å². The van der Waals surface area contributed by atoms with Crippen LogP contribution in [0.3, 0.4) is 0 Å². The summed E-state index contributed by atoms with van der Waals surface area (Å²) in [4.78, 5) is 9.87. The maximum atomic E-state index is 5.75. The Morgan fingerprint density at radius 3 is 2.50 bits per heavy atom. The second-order valence-electron chi connectivity index (χ2n) is 8.90. The van der Waals surface area contributed by atoms with E-state index in [1.165, 1.54) is 70.9 Å². The first kappa shape index (κ1) is 21.8. The van der Waals surface area contributed by atoms with Crippen LogP contribution in [0.2, 0.25) is 0 Å². The molecule has 28 heavy (non-hydrogen) atoms. The number of rotatable bonds is 8. The third-order valence-electron chi connectivity index (χ3n) is 6.97. The number of methoxy groups -OCH3 is 1. The minimum Gasteiger partial charge on any atom is -0.382 e. The summed E-state index contributed by atoms with van der Waals surface area (Å²) in [5.74, 6) is 1.68. The number of guanidine groups is 1. The highest BCUT2D eigenvalue weighted by Gasteiger charge is 2.39. The molecule has 2 saturated heterocycles. The number of nitrogens with one attached hydrogen (secondary N) is 1. The second kappa shape index (κ2) is 11.4. The van der Waals surface area contributed by atoms with Crippen molar-refractivity contribution in [3.8, 4) is 0 Å². The molecule has 2 heterocycles. The van der Waals surface area contributed by atoms with Crippen molar-refractivity contribution in [2.24, 2.45) is 10.9 Å². The number of hydrogen-bond acceptors (Lipinski definition) is 4. The summed E-state index contributed by atoms with van der Waals surface area (Å²) in [6, 6.07) is 0. The van der Waals surface area contributed by atoms with Crippen LogP contribution in [0.25, 0.3) is 0 Å². The Labute approximate surface area is 172 Å². The molecule has 1 atom stereocenters. The monoisotopic (exact) mass is 394 g/mol. The van der Waals surface area contributed by atoms with Gasteiger partial charge in [-0.05, 0) is 45.2 Å². The van der Waals surface area contributed by atoms with Gasteiger partial charge in [-0.25, -0.2) is 0 Å². The third-order valence-corrected chi connectivity index (χ3v) is 6.97. The van der Waals surface area contributed by atoms with Gasteiger partial charge < -0.3 is 19.7 Å². The molecular weight excluding hydrogens is 352 g/mol. The molecule has 0 spiro atoms. The van der Waals surface area contributed by atoms with Gasteiger partial charge in [-0.15, -0.1) is 0 Å². The molecule has 1 N–H and O–H groups in total. The molecule has 0 bridgehead atoms. The summed E-state index contributed by atoms with van der Waals surface area (Å²) in [5.41, 5.74) is 0.344. The Kier molecular flexibility index (Phi) is 8.87. The normalized spacial score (nSPS) is 26.6. The quantitative estimate of drug-likeness (QED) is 0.390. The number of ether oxygens (including phenoxy) is 2. The number of aliphatic imine (C=N–C) groups is 1. The van der Waals surface area contributed by atoms with Gasteiger partial charge in [0.15, 0.2) is 5.96 Å². The SMILES string of the molecule is CN=C(NCC1(N2CCCCC2)CCCCC1)N1CCC(COCCOC)C1. The summed E-state index contributed by atoms with van der Waals surface area (Å²) >= 11 is 0. The predicted molar refractivity (Wildman–Crippen MR) is 115 cm³/mol. The summed E-state index contributed by atoms with van der Waals surface area (Å²) < 4.78 is 10.8. The number of hydrogen-bond donors (Lipinski definition) is 1. The highest BCUT2D eigenvalue weighted by atomic mass is 16.5. The zero-order valence-electron chi connectivity index (χ0n) is 18.3. The van der Waals surface area contributed by atoms with Crippen molar-refractivity contribution in [1.29, 1.82) is 0 Å². The van der Waals surface area contributed by atoms with Gasteiger partial charge in [0, 0.05) is 45.2 Å². The van der Waals surface area contributed by atoms with Crippen molar-refractivity contribution in [1.82, 2.24) is 15.1 Å². The first-order valence-corrected chi connectivity index (χ1v) is 11.5. The lowest BCUT2D eigenvalue weighted by Gasteiger charge is -2.48. The minimum atomic E-state index is 0.344. The van der Waals surface area contributed by atoms with Gasteiger partial charge in [-0.3, -0.25) is 9.89 Å². The topological polar surface area (TPSA) is 49.3 Å². The number of piperidine rings is 1. The van der Waals surface area contributed by atoms with Crippen LogP contribution in [0, 0.1) is 5.92 Å². The van der Waals surface area contributed by atoms with Crippen LogP contribution in [-0.4, -0.2) is 88.0 Å². The second-order valence-corrected chi connectivity index (χ2v) is 8.90. The van der Waals surface area contributed by atoms with Crippen LogP contribution in [0.5, 0.6) is 0 Å². The molecule has 3 rings (SSSR count). The molecule has 3 fully saturated rings. The molecule has 0 radical (unpaired) electrons. The average molecular weight is 395 g/mol. The van der Waals surface area contributed by atoms with Crippen LogP contribution in [0.1, 0.15) is 57.8 Å². The van der Waals surface area contributed by atoms with Gasteiger partial charge >= 0.3 is 0 Å². The van der Waals surface area contributed by atoms with E-state index in [0.717, 1.165) is 32.2 Å². The highest BCUT2D eigenvalue weighted by Crippen LogP contribution is 2.35. The molecule has 1 saturated carbocycles. The maximum absolute atomic E-state index is 5.75. The van der Waals surface area contributed by atoms with Gasteiger partial charge in [0.05, 0.1) is 19.8 Å². The summed E-state index contributed by atoms with van der Waals surface area (Å²) in [6.07, 6.45) is 12.2. The van der Waals surface area contributed by atoms with E-state index in [-0.39, 0.29) is 0 Å². The molecule has 0 aromatic rings. The molecule has 2 aliphatic heterocycles. The number of nitrogens with zero attached hydrogens (tertiary/aromatic N) is 3. The molecule has 0 aromatic carbocycles. The predicted octanol–water partition coefficient (Wildman–Crippen LogP) is 2.74. The van der Waals surface area contributed by atoms with Gasteiger partial charge in [-0.1, -0.05) is 25.7 Å². The van der Waals surface area contributed by atoms with E-state index >= 15 is 0 Å². The molecule has 1 unspecified atom stereocenters.